The Morgan fingerprint density at radius 1 is 1.15 bits per heavy atom. The zero-order valence-corrected chi connectivity index (χ0v) is 12.4. The van der Waals surface area contributed by atoms with E-state index in [0.29, 0.717) is 6.04 Å². The topological polar surface area (TPSA) is 24.9 Å². The average molecular weight is 282 g/mol. The van der Waals surface area contributed by atoms with E-state index in [1.54, 1.807) is 0 Å². The number of fused-ring (bicyclic) bond motifs is 1. The third kappa shape index (κ3) is 3.06. The van der Waals surface area contributed by atoms with Crippen LogP contribution in [-0.4, -0.2) is 11.5 Å². The average Bonchev–Trinajstić information content (AvgIpc) is 2.92. The van der Waals surface area contributed by atoms with Crippen LogP contribution in [0.5, 0.6) is 0 Å². The summed E-state index contributed by atoms with van der Waals surface area (Å²) in [6.45, 7) is 3.22. The molecule has 1 unspecified atom stereocenters. The van der Waals surface area contributed by atoms with E-state index in [2.05, 4.69) is 59.7 Å². The fraction of sp³-hybridized carbons (Fsp3) is 0.235. The molecule has 0 bridgehead atoms. The molecule has 1 N–H and O–H groups in total. The van der Waals surface area contributed by atoms with Crippen LogP contribution in [0, 0.1) is 0 Å². The van der Waals surface area contributed by atoms with Crippen LogP contribution in [0.15, 0.2) is 54.9 Å². The molecule has 0 amide bonds. The summed E-state index contributed by atoms with van der Waals surface area (Å²) < 4.78 is 1.37. The van der Waals surface area contributed by atoms with Crippen molar-refractivity contribution in [1.29, 1.82) is 0 Å². The Balaban J connectivity index is 1.60. The SMILES string of the molecule is CC(NCCc1ccncc1)c1cc2ccccc2s1. The minimum atomic E-state index is 0.397. The van der Waals surface area contributed by atoms with Gasteiger partial charge < -0.3 is 5.32 Å². The van der Waals surface area contributed by atoms with Gasteiger partial charge in [0.25, 0.3) is 0 Å². The van der Waals surface area contributed by atoms with Crippen LogP contribution in [0.4, 0.5) is 0 Å². The van der Waals surface area contributed by atoms with E-state index >= 15 is 0 Å². The Kier molecular flexibility index (Phi) is 4.09. The zero-order chi connectivity index (χ0) is 13.8. The molecule has 0 saturated carbocycles. The molecule has 0 spiro atoms. The summed E-state index contributed by atoms with van der Waals surface area (Å²) in [4.78, 5) is 5.45. The second-order valence-electron chi connectivity index (χ2n) is 4.97. The van der Waals surface area contributed by atoms with Gasteiger partial charge in [0.2, 0.25) is 0 Å². The lowest BCUT2D eigenvalue weighted by atomic mass is 10.2. The number of nitrogens with one attached hydrogen (secondary N) is 1. The van der Waals surface area contributed by atoms with Crippen LogP contribution < -0.4 is 5.32 Å². The summed E-state index contributed by atoms with van der Waals surface area (Å²) in [7, 11) is 0. The molecule has 2 heterocycles. The van der Waals surface area contributed by atoms with E-state index in [4.69, 9.17) is 0 Å². The van der Waals surface area contributed by atoms with Crippen LogP contribution in [0.1, 0.15) is 23.4 Å². The molecule has 0 saturated heterocycles. The van der Waals surface area contributed by atoms with Gasteiger partial charge >= 0.3 is 0 Å². The van der Waals surface area contributed by atoms with Crippen LogP contribution in [0.2, 0.25) is 0 Å². The maximum absolute atomic E-state index is 4.04. The van der Waals surface area contributed by atoms with Crippen LogP contribution in [0.25, 0.3) is 10.1 Å². The lowest BCUT2D eigenvalue weighted by Crippen LogP contribution is -2.20. The normalized spacial score (nSPS) is 12.7. The second-order valence-corrected chi connectivity index (χ2v) is 6.08. The summed E-state index contributed by atoms with van der Waals surface area (Å²) >= 11 is 1.88. The molecule has 20 heavy (non-hydrogen) atoms. The molecule has 3 rings (SSSR count). The van der Waals surface area contributed by atoms with E-state index in [1.165, 1.54) is 20.5 Å². The Bertz CT molecular complexity index is 643. The minimum Gasteiger partial charge on any atom is -0.309 e. The molecule has 102 valence electrons. The van der Waals surface area contributed by atoms with Crippen molar-refractivity contribution < 1.29 is 0 Å². The number of benzene rings is 1. The Morgan fingerprint density at radius 2 is 1.95 bits per heavy atom. The summed E-state index contributed by atoms with van der Waals surface area (Å²) in [5.41, 5.74) is 1.33. The fourth-order valence-corrected chi connectivity index (χ4v) is 3.39. The van der Waals surface area contributed by atoms with Gasteiger partial charge in [0, 0.05) is 28.0 Å². The molecular formula is C17H18N2S. The van der Waals surface area contributed by atoms with Crippen molar-refractivity contribution in [2.75, 3.05) is 6.54 Å². The number of rotatable bonds is 5. The van der Waals surface area contributed by atoms with Gasteiger partial charge in [-0.05, 0) is 55.1 Å². The van der Waals surface area contributed by atoms with E-state index in [0.717, 1.165) is 13.0 Å². The highest BCUT2D eigenvalue weighted by molar-refractivity contribution is 7.19. The predicted molar refractivity (Wildman–Crippen MR) is 86.2 cm³/mol. The Morgan fingerprint density at radius 3 is 2.75 bits per heavy atom. The van der Waals surface area contributed by atoms with Gasteiger partial charge in [-0.1, -0.05) is 18.2 Å². The number of thiophene rings is 1. The summed E-state index contributed by atoms with van der Waals surface area (Å²) in [6.07, 6.45) is 4.74. The van der Waals surface area contributed by atoms with E-state index < -0.39 is 0 Å². The zero-order valence-electron chi connectivity index (χ0n) is 11.5. The highest BCUT2D eigenvalue weighted by Crippen LogP contribution is 2.29. The molecule has 0 radical (unpaired) electrons. The van der Waals surface area contributed by atoms with E-state index in [-0.39, 0.29) is 0 Å². The lowest BCUT2D eigenvalue weighted by molar-refractivity contribution is 0.585. The quantitative estimate of drug-likeness (QED) is 0.759. The maximum Gasteiger partial charge on any atom is 0.0386 e. The first-order valence-corrected chi connectivity index (χ1v) is 7.75. The molecule has 0 fully saturated rings. The third-order valence-electron chi connectivity index (χ3n) is 3.48. The summed E-state index contributed by atoms with van der Waals surface area (Å²) in [6, 6.07) is 15.4. The van der Waals surface area contributed by atoms with Crippen molar-refractivity contribution in [1.82, 2.24) is 10.3 Å². The molecule has 0 aliphatic heterocycles. The molecule has 3 heteroatoms. The van der Waals surface area contributed by atoms with Crippen LogP contribution >= 0.6 is 11.3 Å². The molecule has 1 aromatic carbocycles. The summed E-state index contributed by atoms with van der Waals surface area (Å²) in [5, 5.41) is 4.94. The first-order valence-electron chi connectivity index (χ1n) is 6.94. The van der Waals surface area contributed by atoms with Crippen molar-refractivity contribution in [2.24, 2.45) is 0 Å². The van der Waals surface area contributed by atoms with Crippen LogP contribution in [-0.2, 0) is 6.42 Å². The molecule has 0 aliphatic carbocycles. The lowest BCUT2D eigenvalue weighted by Gasteiger charge is -2.11. The third-order valence-corrected chi connectivity index (χ3v) is 4.78. The maximum atomic E-state index is 4.04. The van der Waals surface area contributed by atoms with Gasteiger partial charge in [-0.2, -0.15) is 0 Å². The van der Waals surface area contributed by atoms with Crippen LogP contribution in [0.3, 0.4) is 0 Å². The van der Waals surface area contributed by atoms with Gasteiger partial charge in [0.05, 0.1) is 0 Å². The van der Waals surface area contributed by atoms with Crippen molar-refractivity contribution in [2.45, 2.75) is 19.4 Å². The molecule has 3 aromatic rings. The fourth-order valence-electron chi connectivity index (χ4n) is 2.30. The Labute approximate surface area is 123 Å². The molecule has 2 aromatic heterocycles. The van der Waals surface area contributed by atoms with Crippen molar-refractivity contribution in [3.8, 4) is 0 Å². The highest BCUT2D eigenvalue weighted by Gasteiger charge is 2.08. The van der Waals surface area contributed by atoms with E-state index in [9.17, 15) is 0 Å². The number of pyridine rings is 1. The van der Waals surface area contributed by atoms with Crippen molar-refractivity contribution in [3.05, 3.63) is 65.3 Å². The number of hydrogen-bond donors (Lipinski definition) is 1. The molecular weight excluding hydrogens is 264 g/mol. The van der Waals surface area contributed by atoms with Gasteiger partial charge in [0.15, 0.2) is 0 Å². The van der Waals surface area contributed by atoms with Gasteiger partial charge in [-0.25, -0.2) is 0 Å². The summed E-state index contributed by atoms with van der Waals surface area (Å²) in [5.74, 6) is 0. The Hall–Kier alpha value is -1.71. The number of aromatic nitrogens is 1. The number of hydrogen-bond acceptors (Lipinski definition) is 3. The van der Waals surface area contributed by atoms with Crippen molar-refractivity contribution >= 4 is 21.4 Å². The first-order chi connectivity index (χ1) is 9.83. The highest BCUT2D eigenvalue weighted by atomic mass is 32.1. The molecule has 0 aliphatic rings. The number of nitrogens with zero attached hydrogens (tertiary/aromatic N) is 1. The monoisotopic (exact) mass is 282 g/mol. The second kappa shape index (κ2) is 6.16. The van der Waals surface area contributed by atoms with Crippen molar-refractivity contribution in [3.63, 3.8) is 0 Å². The van der Waals surface area contributed by atoms with Gasteiger partial charge in [-0.15, -0.1) is 11.3 Å². The first kappa shape index (κ1) is 13.3. The van der Waals surface area contributed by atoms with Gasteiger partial charge in [0.1, 0.15) is 0 Å². The molecule has 1 atom stereocenters. The minimum absolute atomic E-state index is 0.397. The largest absolute Gasteiger partial charge is 0.309 e. The molecule has 2 nitrogen and oxygen atoms in total. The predicted octanol–water partition coefficient (Wildman–Crippen LogP) is 4.19. The smallest absolute Gasteiger partial charge is 0.0386 e. The van der Waals surface area contributed by atoms with Gasteiger partial charge in [-0.3, -0.25) is 4.98 Å². The standard InChI is InChI=1S/C17H18N2S/c1-13(19-11-8-14-6-9-18-10-7-14)17-12-15-4-2-3-5-16(15)20-17/h2-7,9-10,12-13,19H,8,11H2,1H3. The van der Waals surface area contributed by atoms with E-state index in [1.807, 2.05) is 23.7 Å².